The van der Waals surface area contributed by atoms with Crippen LogP contribution >= 0.6 is 24.0 Å². The number of nitrogens with one attached hydrogen (secondary N) is 1. The van der Waals surface area contributed by atoms with E-state index in [1.165, 1.54) is 5.69 Å². The van der Waals surface area contributed by atoms with E-state index >= 15 is 0 Å². The number of rotatable bonds is 6. The van der Waals surface area contributed by atoms with Gasteiger partial charge in [-0.2, -0.15) is 0 Å². The van der Waals surface area contributed by atoms with Gasteiger partial charge in [0, 0.05) is 51.6 Å². The number of hydrogen-bond donors (Lipinski definition) is 1. The molecule has 2 rings (SSSR count). The maximum absolute atomic E-state index is 5.31. The summed E-state index contributed by atoms with van der Waals surface area (Å²) in [6.45, 7) is 8.17. The van der Waals surface area contributed by atoms with E-state index in [1.807, 2.05) is 12.1 Å². The fourth-order valence-corrected chi connectivity index (χ4v) is 2.65. The Bertz CT molecular complexity index is 505. The lowest BCUT2D eigenvalue weighted by atomic mass is 10.2. The molecule has 0 amide bonds. The minimum atomic E-state index is 0. The topological polar surface area (TPSA) is 49.3 Å². The molecule has 1 aliphatic rings. The van der Waals surface area contributed by atoms with E-state index in [9.17, 15) is 0 Å². The molecule has 1 aromatic carbocycles. The van der Waals surface area contributed by atoms with Gasteiger partial charge in [-0.1, -0.05) is 6.07 Å². The van der Waals surface area contributed by atoms with Crippen LogP contribution in [0, 0.1) is 0 Å². The largest absolute Gasteiger partial charge is 0.497 e. The summed E-state index contributed by atoms with van der Waals surface area (Å²) in [5.74, 6) is 1.88. The number of nitrogens with zero attached hydrogens (tertiary/aromatic N) is 3. The third kappa shape index (κ3) is 6.01. The summed E-state index contributed by atoms with van der Waals surface area (Å²) in [4.78, 5) is 9.32. The number of ether oxygens (including phenoxy) is 2. The summed E-state index contributed by atoms with van der Waals surface area (Å²) in [5, 5.41) is 3.37. The number of hydrogen-bond acceptors (Lipinski definition) is 4. The number of piperazine rings is 1. The molecule has 7 heteroatoms. The van der Waals surface area contributed by atoms with Gasteiger partial charge in [0.1, 0.15) is 5.75 Å². The van der Waals surface area contributed by atoms with Gasteiger partial charge < -0.3 is 24.6 Å². The van der Waals surface area contributed by atoms with Crippen LogP contribution in [0.2, 0.25) is 0 Å². The molecule has 0 bridgehead atoms. The first kappa shape index (κ1) is 20.8. The van der Waals surface area contributed by atoms with Gasteiger partial charge in [-0.3, -0.25) is 4.99 Å². The molecule has 1 fully saturated rings. The molecule has 1 N–H and O–H groups in total. The number of benzene rings is 1. The molecule has 1 aliphatic heterocycles. The van der Waals surface area contributed by atoms with Crippen LogP contribution in [0.3, 0.4) is 0 Å². The van der Waals surface area contributed by atoms with Gasteiger partial charge in [0.2, 0.25) is 0 Å². The van der Waals surface area contributed by atoms with E-state index in [0.717, 1.165) is 44.4 Å². The lowest BCUT2D eigenvalue weighted by Crippen LogP contribution is -2.52. The second-order valence-electron chi connectivity index (χ2n) is 5.40. The Morgan fingerprint density at radius 2 is 1.96 bits per heavy atom. The molecule has 0 atom stereocenters. The third-order valence-electron chi connectivity index (χ3n) is 3.89. The maximum Gasteiger partial charge on any atom is 0.194 e. The van der Waals surface area contributed by atoms with Crippen molar-refractivity contribution in [1.82, 2.24) is 10.2 Å². The lowest BCUT2D eigenvalue weighted by Gasteiger charge is -2.37. The summed E-state index contributed by atoms with van der Waals surface area (Å²) < 4.78 is 10.4. The summed E-state index contributed by atoms with van der Waals surface area (Å²) in [5.41, 5.74) is 1.21. The van der Waals surface area contributed by atoms with E-state index in [1.54, 1.807) is 14.2 Å². The van der Waals surface area contributed by atoms with Crippen molar-refractivity contribution in [2.45, 2.75) is 6.92 Å². The van der Waals surface area contributed by atoms with Crippen molar-refractivity contribution >= 4 is 35.6 Å². The Morgan fingerprint density at radius 3 is 2.58 bits per heavy atom. The molecule has 1 heterocycles. The van der Waals surface area contributed by atoms with E-state index in [0.29, 0.717) is 13.2 Å². The smallest absolute Gasteiger partial charge is 0.194 e. The van der Waals surface area contributed by atoms with Crippen LogP contribution in [-0.2, 0) is 4.74 Å². The van der Waals surface area contributed by atoms with Crippen molar-refractivity contribution < 1.29 is 9.47 Å². The van der Waals surface area contributed by atoms with Crippen molar-refractivity contribution in [3.8, 4) is 5.75 Å². The number of aliphatic imine (C=N–C) groups is 1. The predicted molar refractivity (Wildman–Crippen MR) is 110 cm³/mol. The molecule has 0 saturated carbocycles. The second-order valence-corrected chi connectivity index (χ2v) is 5.40. The fourth-order valence-electron chi connectivity index (χ4n) is 2.65. The quantitative estimate of drug-likeness (QED) is 0.313. The van der Waals surface area contributed by atoms with Crippen molar-refractivity contribution in [2.24, 2.45) is 4.99 Å². The molecule has 24 heavy (non-hydrogen) atoms. The Labute approximate surface area is 162 Å². The first-order valence-electron chi connectivity index (χ1n) is 8.19. The molecule has 1 aromatic rings. The number of guanidine groups is 1. The fraction of sp³-hybridized carbons (Fsp3) is 0.588. The average molecular weight is 448 g/mol. The monoisotopic (exact) mass is 448 g/mol. The van der Waals surface area contributed by atoms with E-state index in [2.05, 4.69) is 39.2 Å². The summed E-state index contributed by atoms with van der Waals surface area (Å²) in [6.07, 6.45) is 0. The van der Waals surface area contributed by atoms with Crippen molar-refractivity contribution in [3.05, 3.63) is 24.3 Å². The molecule has 0 aromatic heterocycles. The van der Waals surface area contributed by atoms with Crippen LogP contribution < -0.4 is 15.0 Å². The zero-order valence-electron chi connectivity index (χ0n) is 14.8. The number of halogens is 1. The van der Waals surface area contributed by atoms with Crippen LogP contribution in [0.25, 0.3) is 0 Å². The normalized spacial score (nSPS) is 15.0. The Morgan fingerprint density at radius 1 is 1.21 bits per heavy atom. The highest BCUT2D eigenvalue weighted by Gasteiger charge is 2.19. The highest BCUT2D eigenvalue weighted by Crippen LogP contribution is 2.22. The first-order valence-corrected chi connectivity index (χ1v) is 8.19. The van der Waals surface area contributed by atoms with Gasteiger partial charge >= 0.3 is 0 Å². The minimum Gasteiger partial charge on any atom is -0.497 e. The Kier molecular flexibility index (Phi) is 9.85. The molecule has 6 nitrogen and oxygen atoms in total. The van der Waals surface area contributed by atoms with Crippen molar-refractivity contribution in [2.75, 3.05) is 65.0 Å². The Balaban J connectivity index is 0.00000288. The predicted octanol–water partition coefficient (Wildman–Crippen LogP) is 2.05. The lowest BCUT2D eigenvalue weighted by molar-refractivity contribution is 0.207. The van der Waals surface area contributed by atoms with Gasteiger partial charge in [-0.05, 0) is 19.1 Å². The van der Waals surface area contributed by atoms with Gasteiger partial charge in [0.15, 0.2) is 5.96 Å². The molecule has 0 radical (unpaired) electrons. The average Bonchev–Trinajstić information content (AvgIpc) is 2.61. The maximum atomic E-state index is 5.31. The zero-order chi connectivity index (χ0) is 16.5. The van der Waals surface area contributed by atoms with Gasteiger partial charge in [-0.25, -0.2) is 0 Å². The molecule has 1 saturated heterocycles. The number of anilines is 1. The van der Waals surface area contributed by atoms with Gasteiger partial charge in [0.25, 0.3) is 0 Å². The summed E-state index contributed by atoms with van der Waals surface area (Å²) in [7, 11) is 3.41. The van der Waals surface area contributed by atoms with E-state index < -0.39 is 0 Å². The number of methoxy groups -OCH3 is 2. The van der Waals surface area contributed by atoms with Crippen LogP contribution in [0.5, 0.6) is 5.75 Å². The van der Waals surface area contributed by atoms with Crippen LogP contribution in [0.4, 0.5) is 5.69 Å². The highest BCUT2D eigenvalue weighted by atomic mass is 127. The molecule has 136 valence electrons. The van der Waals surface area contributed by atoms with E-state index in [-0.39, 0.29) is 24.0 Å². The van der Waals surface area contributed by atoms with Crippen LogP contribution in [0.15, 0.2) is 29.3 Å². The van der Waals surface area contributed by atoms with Gasteiger partial charge in [0.05, 0.1) is 20.3 Å². The van der Waals surface area contributed by atoms with Crippen LogP contribution in [-0.4, -0.2) is 71.0 Å². The van der Waals surface area contributed by atoms with E-state index in [4.69, 9.17) is 9.47 Å². The SMILES string of the molecule is CCNC(=NCCOC)N1CCN(c2cccc(OC)c2)CC1.I. The minimum absolute atomic E-state index is 0. The van der Waals surface area contributed by atoms with Crippen molar-refractivity contribution in [1.29, 1.82) is 0 Å². The Hall–Kier alpha value is -1.22. The first-order chi connectivity index (χ1) is 11.3. The zero-order valence-corrected chi connectivity index (χ0v) is 17.2. The molecule has 0 spiro atoms. The summed E-state index contributed by atoms with van der Waals surface area (Å²) in [6, 6.07) is 8.24. The molecular formula is C17H29IN4O2. The standard InChI is InChI=1S/C17H28N4O2.HI/c1-4-18-17(19-8-13-22-2)21-11-9-20(10-12-21)15-6-5-7-16(14-15)23-3;/h5-7,14H,4,8-13H2,1-3H3,(H,18,19);1H. The summed E-state index contributed by atoms with van der Waals surface area (Å²) >= 11 is 0. The second kappa shape index (κ2) is 11.4. The van der Waals surface area contributed by atoms with Crippen LogP contribution in [0.1, 0.15) is 6.92 Å². The highest BCUT2D eigenvalue weighted by molar-refractivity contribution is 14.0. The van der Waals surface area contributed by atoms with Crippen molar-refractivity contribution in [3.63, 3.8) is 0 Å². The molecular weight excluding hydrogens is 419 g/mol. The van der Waals surface area contributed by atoms with Gasteiger partial charge in [-0.15, -0.1) is 24.0 Å². The molecule has 0 aliphatic carbocycles. The third-order valence-corrected chi connectivity index (χ3v) is 3.89. The molecule has 0 unspecified atom stereocenters.